The van der Waals surface area contributed by atoms with Crippen LogP contribution in [0.1, 0.15) is 41.9 Å². The first-order valence-corrected chi connectivity index (χ1v) is 8.17. The molecule has 1 fully saturated rings. The van der Waals surface area contributed by atoms with E-state index in [4.69, 9.17) is 11.5 Å². The van der Waals surface area contributed by atoms with Gasteiger partial charge in [-0.25, -0.2) is 9.97 Å². The van der Waals surface area contributed by atoms with E-state index in [1.54, 1.807) is 6.92 Å². The number of anilines is 3. The molecular weight excluding hydrogens is 330 g/mol. The van der Waals surface area contributed by atoms with E-state index in [1.165, 1.54) is 17.7 Å². The highest BCUT2D eigenvalue weighted by atomic mass is 32.1. The number of nitrogens with zero attached hydrogens (tertiary/aromatic N) is 3. The third-order valence-corrected chi connectivity index (χ3v) is 4.28. The Bertz CT molecular complexity index is 787. The molecule has 10 heteroatoms. The van der Waals surface area contributed by atoms with Crippen molar-refractivity contribution in [3.8, 4) is 0 Å². The Kier molecular flexibility index (Phi) is 4.30. The van der Waals surface area contributed by atoms with E-state index in [0.29, 0.717) is 11.7 Å². The van der Waals surface area contributed by atoms with Gasteiger partial charge in [-0.05, 0) is 37.4 Å². The second-order valence-electron chi connectivity index (χ2n) is 5.60. The fourth-order valence-corrected chi connectivity index (χ4v) is 2.78. The smallest absolute Gasteiger partial charge is 0.271 e. The molecule has 24 heavy (non-hydrogen) atoms. The first-order valence-electron chi connectivity index (χ1n) is 7.40. The molecule has 0 bridgehead atoms. The number of nitrogens with two attached hydrogens (primary N) is 2. The van der Waals surface area contributed by atoms with Gasteiger partial charge in [0.2, 0.25) is 5.91 Å². The molecule has 3 rings (SSSR count). The van der Waals surface area contributed by atoms with E-state index in [2.05, 4.69) is 25.0 Å². The molecule has 2 aromatic heterocycles. The molecule has 1 aliphatic carbocycles. The van der Waals surface area contributed by atoms with E-state index in [1.807, 2.05) is 6.07 Å². The monoisotopic (exact) mass is 347 g/mol. The maximum atomic E-state index is 11.6. The lowest BCUT2D eigenvalue weighted by Crippen LogP contribution is -2.33. The lowest BCUT2D eigenvalue weighted by atomic mass is 10.3. The second-order valence-corrected chi connectivity index (χ2v) is 6.41. The molecule has 2 aromatic rings. The van der Waals surface area contributed by atoms with Crippen LogP contribution in [0.2, 0.25) is 0 Å². The van der Waals surface area contributed by atoms with Crippen molar-refractivity contribution >= 4 is 40.0 Å². The lowest BCUT2D eigenvalue weighted by molar-refractivity contribution is -0.118. The van der Waals surface area contributed by atoms with Crippen LogP contribution in [0.4, 0.5) is 16.6 Å². The van der Waals surface area contributed by atoms with Crippen molar-refractivity contribution in [2.24, 2.45) is 11.5 Å². The van der Waals surface area contributed by atoms with E-state index in [-0.39, 0.29) is 11.5 Å². The minimum Gasteiger partial charge on any atom is -0.368 e. The standard InChI is InChI=1S/C14H17N7O2S/c1-6(12(15)22)18-9-5-17-11(13(16)23)14(19-9)20-10-4-8(21-24-10)7-2-3-7/h4-7H,2-3H2,1H3,(H2,15,22)(H2,16,23)(H2,18,19,20). The molecule has 2 heterocycles. The quantitative estimate of drug-likeness (QED) is 0.582. The molecular formula is C14H17N7O2S. The van der Waals surface area contributed by atoms with Crippen LogP contribution >= 0.6 is 11.5 Å². The molecule has 9 nitrogen and oxygen atoms in total. The molecule has 1 atom stereocenters. The minimum absolute atomic E-state index is 0.00801. The number of aromatic nitrogens is 3. The van der Waals surface area contributed by atoms with Crippen molar-refractivity contribution in [1.29, 1.82) is 0 Å². The number of nitrogens with one attached hydrogen (secondary N) is 2. The van der Waals surface area contributed by atoms with Gasteiger partial charge in [-0.15, -0.1) is 0 Å². The molecule has 1 saturated carbocycles. The van der Waals surface area contributed by atoms with Gasteiger partial charge < -0.3 is 22.1 Å². The Morgan fingerprint density at radius 2 is 2.12 bits per heavy atom. The maximum absolute atomic E-state index is 11.6. The highest BCUT2D eigenvalue weighted by molar-refractivity contribution is 7.10. The van der Waals surface area contributed by atoms with Crippen LogP contribution in [0.15, 0.2) is 12.3 Å². The first kappa shape index (κ1) is 16.1. The number of hydrogen-bond acceptors (Lipinski definition) is 8. The summed E-state index contributed by atoms with van der Waals surface area (Å²) < 4.78 is 4.38. The summed E-state index contributed by atoms with van der Waals surface area (Å²) >= 11 is 1.28. The summed E-state index contributed by atoms with van der Waals surface area (Å²) in [6.45, 7) is 1.60. The Labute approximate surface area is 142 Å². The molecule has 0 aliphatic heterocycles. The van der Waals surface area contributed by atoms with Crippen LogP contribution in [-0.4, -0.2) is 32.2 Å². The molecule has 6 N–H and O–H groups in total. The van der Waals surface area contributed by atoms with Gasteiger partial charge in [-0.1, -0.05) is 0 Å². The van der Waals surface area contributed by atoms with Crippen molar-refractivity contribution in [1.82, 2.24) is 14.3 Å². The Balaban J connectivity index is 1.84. The maximum Gasteiger partial charge on any atom is 0.271 e. The van der Waals surface area contributed by atoms with E-state index in [9.17, 15) is 9.59 Å². The fraction of sp³-hybridized carbons (Fsp3) is 0.357. The predicted molar refractivity (Wildman–Crippen MR) is 90.2 cm³/mol. The van der Waals surface area contributed by atoms with Gasteiger partial charge in [0, 0.05) is 5.92 Å². The SMILES string of the molecule is CC(Nc1cnc(C(N)=O)c(Nc2cc(C3CC3)ns2)n1)C(N)=O. The zero-order chi connectivity index (χ0) is 17.3. The van der Waals surface area contributed by atoms with Crippen LogP contribution in [-0.2, 0) is 4.79 Å². The first-order chi connectivity index (χ1) is 11.4. The van der Waals surface area contributed by atoms with Crippen LogP contribution in [0.25, 0.3) is 0 Å². The minimum atomic E-state index is -0.702. The molecule has 0 radical (unpaired) electrons. The van der Waals surface area contributed by atoms with Crippen molar-refractivity contribution < 1.29 is 9.59 Å². The summed E-state index contributed by atoms with van der Waals surface area (Å²) in [5.41, 5.74) is 11.6. The van der Waals surface area contributed by atoms with E-state index >= 15 is 0 Å². The summed E-state index contributed by atoms with van der Waals surface area (Å²) in [7, 11) is 0. The van der Waals surface area contributed by atoms with Gasteiger partial charge in [0.25, 0.3) is 5.91 Å². The summed E-state index contributed by atoms with van der Waals surface area (Å²) in [4.78, 5) is 31.0. The zero-order valence-electron chi connectivity index (χ0n) is 12.9. The highest BCUT2D eigenvalue weighted by Gasteiger charge is 2.26. The molecule has 2 amide bonds. The van der Waals surface area contributed by atoms with Crippen LogP contribution in [0.3, 0.4) is 0 Å². The van der Waals surface area contributed by atoms with Crippen molar-refractivity contribution in [2.75, 3.05) is 10.6 Å². The van der Waals surface area contributed by atoms with E-state index in [0.717, 1.165) is 23.5 Å². The third-order valence-electron chi connectivity index (χ3n) is 3.56. The number of hydrogen-bond donors (Lipinski definition) is 4. The van der Waals surface area contributed by atoms with Gasteiger partial charge in [0.15, 0.2) is 11.5 Å². The van der Waals surface area contributed by atoms with Crippen LogP contribution in [0.5, 0.6) is 0 Å². The Morgan fingerprint density at radius 3 is 2.75 bits per heavy atom. The molecule has 1 aliphatic rings. The summed E-state index contributed by atoms with van der Waals surface area (Å²) in [5, 5.41) is 6.58. The Hall–Kier alpha value is -2.75. The van der Waals surface area contributed by atoms with E-state index < -0.39 is 17.9 Å². The average molecular weight is 347 g/mol. The summed E-state index contributed by atoms with van der Waals surface area (Å²) in [6, 6.07) is 1.30. The van der Waals surface area contributed by atoms with Crippen LogP contribution in [0, 0.1) is 0 Å². The predicted octanol–water partition coefficient (Wildman–Crippen LogP) is 0.939. The van der Waals surface area contributed by atoms with Gasteiger partial charge >= 0.3 is 0 Å². The number of rotatable bonds is 7. The highest BCUT2D eigenvalue weighted by Crippen LogP contribution is 2.41. The summed E-state index contributed by atoms with van der Waals surface area (Å²) in [5.74, 6) is -0.188. The molecule has 1 unspecified atom stereocenters. The number of amides is 2. The van der Waals surface area contributed by atoms with Crippen molar-refractivity contribution in [3.05, 3.63) is 23.7 Å². The van der Waals surface area contributed by atoms with Gasteiger partial charge in [-0.3, -0.25) is 9.59 Å². The number of carbonyl (C=O) groups is 2. The third kappa shape index (κ3) is 3.59. The summed E-state index contributed by atoms with van der Waals surface area (Å²) in [6.07, 6.45) is 3.63. The molecule has 126 valence electrons. The molecule has 0 saturated heterocycles. The van der Waals surface area contributed by atoms with Gasteiger partial charge in [0.1, 0.15) is 16.9 Å². The largest absolute Gasteiger partial charge is 0.368 e. The molecule has 0 aromatic carbocycles. The van der Waals surface area contributed by atoms with Gasteiger partial charge in [0.05, 0.1) is 11.9 Å². The lowest BCUT2D eigenvalue weighted by Gasteiger charge is -2.13. The Morgan fingerprint density at radius 1 is 1.38 bits per heavy atom. The normalized spacial score (nSPS) is 14.9. The molecule has 0 spiro atoms. The van der Waals surface area contributed by atoms with Gasteiger partial charge in [-0.2, -0.15) is 4.37 Å². The number of carbonyl (C=O) groups excluding carboxylic acids is 2. The fourth-order valence-electron chi connectivity index (χ4n) is 2.06. The van der Waals surface area contributed by atoms with Crippen molar-refractivity contribution in [3.63, 3.8) is 0 Å². The zero-order valence-corrected chi connectivity index (χ0v) is 13.8. The second kappa shape index (κ2) is 6.40. The average Bonchev–Trinajstić information content (AvgIpc) is 3.27. The van der Waals surface area contributed by atoms with Crippen molar-refractivity contribution in [2.45, 2.75) is 31.7 Å². The van der Waals surface area contributed by atoms with Crippen LogP contribution < -0.4 is 22.1 Å². The number of primary amides is 2. The topological polar surface area (TPSA) is 149 Å².